The van der Waals surface area contributed by atoms with Crippen molar-refractivity contribution in [1.82, 2.24) is 0 Å². The molecule has 0 aliphatic heterocycles. The van der Waals surface area contributed by atoms with Crippen molar-refractivity contribution in [1.29, 1.82) is 0 Å². The molecule has 0 heterocycles. The maximum atomic E-state index is 13.9. The van der Waals surface area contributed by atoms with Crippen LogP contribution in [0.25, 0.3) is 10.8 Å². The molecule has 100 valence electrons. The van der Waals surface area contributed by atoms with Gasteiger partial charge in [-0.2, -0.15) is 0 Å². The Kier molecular flexibility index (Phi) is 3.20. The van der Waals surface area contributed by atoms with Gasteiger partial charge in [-0.05, 0) is 34.5 Å². The second kappa shape index (κ2) is 5.02. The third-order valence-electron chi connectivity index (χ3n) is 3.45. The van der Waals surface area contributed by atoms with Crippen molar-refractivity contribution < 1.29 is 8.78 Å². The molecule has 2 N–H and O–H groups in total. The highest BCUT2D eigenvalue weighted by Gasteiger charge is 2.16. The Morgan fingerprint density at radius 3 is 2.40 bits per heavy atom. The normalized spacial score (nSPS) is 12.6. The van der Waals surface area contributed by atoms with Crippen LogP contribution in [0.3, 0.4) is 0 Å². The molecular formula is C17H13F2N. The van der Waals surface area contributed by atoms with Crippen LogP contribution >= 0.6 is 0 Å². The molecule has 20 heavy (non-hydrogen) atoms. The van der Waals surface area contributed by atoms with E-state index in [0.29, 0.717) is 0 Å². The molecule has 1 nitrogen and oxygen atoms in total. The van der Waals surface area contributed by atoms with Crippen LogP contribution in [0, 0.1) is 11.6 Å². The Bertz CT molecular complexity index is 763. The highest BCUT2D eigenvalue weighted by atomic mass is 19.1. The van der Waals surface area contributed by atoms with Gasteiger partial charge in [0.05, 0.1) is 6.04 Å². The molecule has 0 radical (unpaired) electrons. The second-order valence-electron chi connectivity index (χ2n) is 4.71. The first-order valence-electron chi connectivity index (χ1n) is 6.35. The molecule has 0 amide bonds. The van der Waals surface area contributed by atoms with Gasteiger partial charge in [-0.3, -0.25) is 0 Å². The zero-order chi connectivity index (χ0) is 14.1. The van der Waals surface area contributed by atoms with Gasteiger partial charge in [0, 0.05) is 5.56 Å². The summed E-state index contributed by atoms with van der Waals surface area (Å²) >= 11 is 0. The fourth-order valence-electron chi connectivity index (χ4n) is 2.44. The molecule has 3 rings (SSSR count). The van der Waals surface area contributed by atoms with Gasteiger partial charge in [-0.25, -0.2) is 8.78 Å². The Hall–Kier alpha value is -2.26. The SMILES string of the molecule is NC(c1cc(F)ccc1F)c1cccc2ccccc12. The minimum atomic E-state index is -0.697. The predicted molar refractivity (Wildman–Crippen MR) is 76.3 cm³/mol. The molecule has 3 aromatic carbocycles. The highest BCUT2D eigenvalue weighted by molar-refractivity contribution is 5.86. The van der Waals surface area contributed by atoms with Crippen LogP contribution < -0.4 is 5.73 Å². The average Bonchev–Trinajstić information content (AvgIpc) is 2.48. The van der Waals surface area contributed by atoms with Gasteiger partial charge in [0.25, 0.3) is 0 Å². The molecule has 0 bridgehead atoms. The van der Waals surface area contributed by atoms with Crippen LogP contribution in [0.2, 0.25) is 0 Å². The molecule has 0 spiro atoms. The van der Waals surface area contributed by atoms with Crippen LogP contribution in [0.15, 0.2) is 60.7 Å². The number of rotatable bonds is 2. The molecule has 0 saturated heterocycles. The molecule has 0 aliphatic carbocycles. The van der Waals surface area contributed by atoms with E-state index >= 15 is 0 Å². The van der Waals surface area contributed by atoms with Gasteiger partial charge in [0.2, 0.25) is 0 Å². The van der Waals surface area contributed by atoms with Gasteiger partial charge < -0.3 is 5.73 Å². The van der Waals surface area contributed by atoms with E-state index in [-0.39, 0.29) is 5.56 Å². The van der Waals surface area contributed by atoms with E-state index in [1.807, 2.05) is 42.5 Å². The molecule has 1 atom stereocenters. The van der Waals surface area contributed by atoms with Gasteiger partial charge >= 0.3 is 0 Å². The summed E-state index contributed by atoms with van der Waals surface area (Å²) in [5, 5.41) is 1.98. The predicted octanol–water partition coefficient (Wildman–Crippen LogP) is 4.17. The molecule has 0 aliphatic rings. The topological polar surface area (TPSA) is 26.0 Å². The number of hydrogen-bond acceptors (Lipinski definition) is 1. The fourth-order valence-corrected chi connectivity index (χ4v) is 2.44. The van der Waals surface area contributed by atoms with Crippen LogP contribution in [0.5, 0.6) is 0 Å². The van der Waals surface area contributed by atoms with Crippen molar-refractivity contribution in [2.75, 3.05) is 0 Å². The molecule has 3 heteroatoms. The first-order chi connectivity index (χ1) is 9.66. The Balaban J connectivity index is 2.17. The highest BCUT2D eigenvalue weighted by Crippen LogP contribution is 2.28. The monoisotopic (exact) mass is 269 g/mol. The summed E-state index contributed by atoms with van der Waals surface area (Å²) in [6.45, 7) is 0. The summed E-state index contributed by atoms with van der Waals surface area (Å²) in [6.07, 6.45) is 0. The van der Waals surface area contributed by atoms with E-state index in [4.69, 9.17) is 5.73 Å². The van der Waals surface area contributed by atoms with E-state index in [1.165, 1.54) is 0 Å². The quantitative estimate of drug-likeness (QED) is 0.742. The lowest BCUT2D eigenvalue weighted by Gasteiger charge is -2.16. The van der Waals surface area contributed by atoms with Crippen molar-refractivity contribution in [2.24, 2.45) is 5.73 Å². The van der Waals surface area contributed by atoms with Crippen molar-refractivity contribution in [3.8, 4) is 0 Å². The van der Waals surface area contributed by atoms with Crippen molar-refractivity contribution in [3.63, 3.8) is 0 Å². The minimum Gasteiger partial charge on any atom is -0.320 e. The number of hydrogen-bond donors (Lipinski definition) is 1. The molecule has 0 fully saturated rings. The van der Waals surface area contributed by atoms with E-state index in [2.05, 4.69) is 0 Å². The average molecular weight is 269 g/mol. The van der Waals surface area contributed by atoms with Crippen molar-refractivity contribution in [3.05, 3.63) is 83.4 Å². The standard InChI is InChI=1S/C17H13F2N/c18-12-8-9-16(19)15(10-12)17(20)14-7-3-5-11-4-1-2-6-13(11)14/h1-10,17H,20H2. The molecule has 0 aromatic heterocycles. The third-order valence-corrected chi connectivity index (χ3v) is 3.45. The first-order valence-corrected chi connectivity index (χ1v) is 6.35. The van der Waals surface area contributed by atoms with E-state index in [0.717, 1.165) is 34.5 Å². The summed E-state index contributed by atoms with van der Waals surface area (Å²) in [6, 6.07) is 16.1. The number of benzene rings is 3. The maximum absolute atomic E-state index is 13.9. The summed E-state index contributed by atoms with van der Waals surface area (Å²) in [7, 11) is 0. The number of halogens is 2. The van der Waals surface area contributed by atoms with Crippen LogP contribution in [0.4, 0.5) is 8.78 Å². The van der Waals surface area contributed by atoms with E-state index < -0.39 is 17.7 Å². The molecule has 1 unspecified atom stereocenters. The molecule has 3 aromatic rings. The Labute approximate surface area is 115 Å². The zero-order valence-corrected chi connectivity index (χ0v) is 10.7. The lowest BCUT2D eigenvalue weighted by molar-refractivity contribution is 0.577. The van der Waals surface area contributed by atoms with Crippen molar-refractivity contribution >= 4 is 10.8 Å². The number of nitrogens with two attached hydrogens (primary N) is 1. The lowest BCUT2D eigenvalue weighted by Crippen LogP contribution is -2.14. The van der Waals surface area contributed by atoms with Gasteiger partial charge in [-0.1, -0.05) is 42.5 Å². The smallest absolute Gasteiger partial charge is 0.128 e. The Morgan fingerprint density at radius 1 is 0.800 bits per heavy atom. The molecular weight excluding hydrogens is 256 g/mol. The summed E-state index contributed by atoms with van der Waals surface area (Å²) in [4.78, 5) is 0. The van der Waals surface area contributed by atoms with Crippen molar-refractivity contribution in [2.45, 2.75) is 6.04 Å². The second-order valence-corrected chi connectivity index (χ2v) is 4.71. The summed E-state index contributed by atoms with van der Waals surface area (Å²) in [5.74, 6) is -0.982. The van der Waals surface area contributed by atoms with Crippen LogP contribution in [-0.4, -0.2) is 0 Å². The van der Waals surface area contributed by atoms with Crippen LogP contribution in [0.1, 0.15) is 17.2 Å². The first kappa shape index (κ1) is 12.8. The fraction of sp³-hybridized carbons (Fsp3) is 0.0588. The van der Waals surface area contributed by atoms with Gasteiger partial charge in [0.1, 0.15) is 11.6 Å². The number of fused-ring (bicyclic) bond motifs is 1. The largest absolute Gasteiger partial charge is 0.320 e. The maximum Gasteiger partial charge on any atom is 0.128 e. The minimum absolute atomic E-state index is 0.168. The summed E-state index contributed by atoms with van der Waals surface area (Å²) in [5.41, 5.74) is 7.10. The van der Waals surface area contributed by atoms with E-state index in [9.17, 15) is 8.78 Å². The summed E-state index contributed by atoms with van der Waals surface area (Å²) < 4.78 is 27.2. The third kappa shape index (κ3) is 2.17. The zero-order valence-electron chi connectivity index (χ0n) is 10.7. The Morgan fingerprint density at radius 2 is 1.55 bits per heavy atom. The van der Waals surface area contributed by atoms with Gasteiger partial charge in [-0.15, -0.1) is 0 Å². The molecule has 0 saturated carbocycles. The van der Waals surface area contributed by atoms with Crippen LogP contribution in [-0.2, 0) is 0 Å². The van der Waals surface area contributed by atoms with E-state index in [1.54, 1.807) is 0 Å². The van der Waals surface area contributed by atoms with Gasteiger partial charge in [0.15, 0.2) is 0 Å². The lowest BCUT2D eigenvalue weighted by atomic mass is 9.94.